The molecular formula is C12H11N3O3S2. The zero-order valence-corrected chi connectivity index (χ0v) is 12.2. The van der Waals surface area contributed by atoms with Crippen LogP contribution < -0.4 is 5.73 Å². The zero-order valence-electron chi connectivity index (χ0n) is 10.5. The molecule has 2 N–H and O–H groups in total. The molecule has 0 aliphatic carbocycles. The number of oxazole rings is 1. The van der Waals surface area contributed by atoms with E-state index in [4.69, 9.17) is 10.2 Å². The fourth-order valence-corrected chi connectivity index (χ4v) is 3.62. The number of hydrogen-bond donors (Lipinski definition) is 1. The van der Waals surface area contributed by atoms with Crippen molar-refractivity contribution in [3.05, 3.63) is 34.3 Å². The molecule has 0 fully saturated rings. The molecular weight excluding hydrogens is 298 g/mol. The van der Waals surface area contributed by atoms with Gasteiger partial charge in [-0.05, 0) is 19.1 Å². The van der Waals surface area contributed by atoms with E-state index in [-0.39, 0.29) is 11.0 Å². The van der Waals surface area contributed by atoms with Gasteiger partial charge in [-0.3, -0.25) is 0 Å². The second-order valence-corrected chi connectivity index (χ2v) is 7.25. The Morgan fingerprint density at radius 2 is 2.15 bits per heavy atom. The van der Waals surface area contributed by atoms with Gasteiger partial charge < -0.3 is 10.2 Å². The summed E-state index contributed by atoms with van der Waals surface area (Å²) in [5, 5.41) is 2.23. The molecule has 20 heavy (non-hydrogen) atoms. The molecule has 0 amide bonds. The van der Waals surface area contributed by atoms with Crippen LogP contribution in [0.4, 0.5) is 5.69 Å². The van der Waals surface area contributed by atoms with Gasteiger partial charge in [-0.15, -0.1) is 11.3 Å². The van der Waals surface area contributed by atoms with Crippen LogP contribution in [0, 0.1) is 6.92 Å². The van der Waals surface area contributed by atoms with Crippen molar-refractivity contribution in [2.45, 2.75) is 17.9 Å². The molecule has 0 aliphatic rings. The summed E-state index contributed by atoms with van der Waals surface area (Å²) < 4.78 is 29.8. The van der Waals surface area contributed by atoms with Crippen molar-refractivity contribution in [2.75, 3.05) is 5.73 Å². The maximum Gasteiger partial charge on any atom is 0.316 e. The molecule has 8 heteroatoms. The highest BCUT2D eigenvalue weighted by molar-refractivity contribution is 7.90. The van der Waals surface area contributed by atoms with Crippen molar-refractivity contribution in [3.63, 3.8) is 0 Å². The highest BCUT2D eigenvalue weighted by atomic mass is 32.2. The molecule has 6 nitrogen and oxygen atoms in total. The smallest absolute Gasteiger partial charge is 0.316 e. The third-order valence-corrected chi connectivity index (χ3v) is 4.87. The monoisotopic (exact) mass is 309 g/mol. The van der Waals surface area contributed by atoms with Gasteiger partial charge in [-0.2, -0.15) is 4.98 Å². The summed E-state index contributed by atoms with van der Waals surface area (Å²) in [6, 6.07) is 4.82. The molecule has 3 aromatic rings. The first-order valence-corrected chi connectivity index (χ1v) is 8.27. The number of nitrogens with zero attached hydrogens (tertiary/aromatic N) is 2. The van der Waals surface area contributed by atoms with Crippen LogP contribution in [0.2, 0.25) is 0 Å². The number of nitrogens with two attached hydrogens (primary N) is 1. The van der Waals surface area contributed by atoms with Gasteiger partial charge in [0.15, 0.2) is 5.58 Å². The van der Waals surface area contributed by atoms with E-state index in [1.54, 1.807) is 23.6 Å². The van der Waals surface area contributed by atoms with Crippen molar-refractivity contribution in [1.29, 1.82) is 0 Å². The van der Waals surface area contributed by atoms with Crippen LogP contribution in [-0.4, -0.2) is 18.4 Å². The Labute approximate surface area is 119 Å². The van der Waals surface area contributed by atoms with Gasteiger partial charge in [-0.1, -0.05) is 0 Å². The number of aromatic nitrogens is 2. The van der Waals surface area contributed by atoms with Crippen LogP contribution in [0.3, 0.4) is 0 Å². The minimum Gasteiger partial charge on any atom is -0.428 e. The number of aryl methyl sites for hydroxylation is 1. The lowest BCUT2D eigenvalue weighted by molar-refractivity contribution is 0.458. The normalized spacial score (nSPS) is 12.1. The molecule has 1 aromatic carbocycles. The summed E-state index contributed by atoms with van der Waals surface area (Å²) >= 11 is 1.40. The molecule has 3 rings (SSSR count). The lowest BCUT2D eigenvalue weighted by Crippen LogP contribution is -2.05. The molecule has 0 unspecified atom stereocenters. The number of hydrogen-bond acceptors (Lipinski definition) is 7. The Bertz CT molecular complexity index is 880. The zero-order chi connectivity index (χ0) is 14.3. The Balaban J connectivity index is 2.00. The standard InChI is InChI=1S/C12H11N3O3S2/c1-7-14-9(5-19-7)6-20(16,17)12-15-10-3-2-8(13)4-11(10)18-12/h2-5H,6,13H2,1H3. The molecule has 0 saturated heterocycles. The number of anilines is 1. The lowest BCUT2D eigenvalue weighted by atomic mass is 10.3. The molecule has 2 aromatic heterocycles. The lowest BCUT2D eigenvalue weighted by Gasteiger charge is -1.95. The molecule has 104 valence electrons. The Morgan fingerprint density at radius 3 is 2.85 bits per heavy atom. The number of rotatable bonds is 3. The van der Waals surface area contributed by atoms with Crippen LogP contribution >= 0.6 is 11.3 Å². The van der Waals surface area contributed by atoms with Crippen LogP contribution in [0.15, 0.2) is 33.2 Å². The van der Waals surface area contributed by atoms with E-state index in [2.05, 4.69) is 9.97 Å². The van der Waals surface area contributed by atoms with E-state index in [1.807, 2.05) is 6.92 Å². The van der Waals surface area contributed by atoms with Crippen molar-refractivity contribution in [1.82, 2.24) is 9.97 Å². The third-order valence-electron chi connectivity index (χ3n) is 2.66. The molecule has 0 saturated carbocycles. The summed E-state index contributed by atoms with van der Waals surface area (Å²) in [5.41, 5.74) is 7.43. The quantitative estimate of drug-likeness (QED) is 0.744. The average Bonchev–Trinajstić information content (AvgIpc) is 2.95. The fraction of sp³-hybridized carbons (Fsp3) is 0.167. The Hall–Kier alpha value is -1.93. The van der Waals surface area contributed by atoms with E-state index in [0.29, 0.717) is 22.5 Å². The SMILES string of the molecule is Cc1nc(CS(=O)(=O)c2nc3ccc(N)cc3o2)cs1. The van der Waals surface area contributed by atoms with E-state index in [1.165, 1.54) is 11.3 Å². The second-order valence-electron chi connectivity index (χ2n) is 4.32. The highest BCUT2D eigenvalue weighted by Gasteiger charge is 2.23. The maximum atomic E-state index is 12.2. The molecule has 0 atom stereocenters. The maximum absolute atomic E-state index is 12.2. The molecule has 0 radical (unpaired) electrons. The largest absolute Gasteiger partial charge is 0.428 e. The Kier molecular flexibility index (Phi) is 2.98. The summed E-state index contributed by atoms with van der Waals surface area (Å²) in [4.78, 5) is 8.13. The van der Waals surface area contributed by atoms with Crippen LogP contribution in [0.1, 0.15) is 10.7 Å². The minimum absolute atomic E-state index is 0.223. The van der Waals surface area contributed by atoms with Gasteiger partial charge in [0.2, 0.25) is 9.84 Å². The van der Waals surface area contributed by atoms with E-state index < -0.39 is 9.84 Å². The van der Waals surface area contributed by atoms with Crippen LogP contribution in [-0.2, 0) is 15.6 Å². The topological polar surface area (TPSA) is 99.1 Å². The predicted octanol–water partition coefficient (Wildman–Crippen LogP) is 2.15. The fourth-order valence-electron chi connectivity index (χ4n) is 1.78. The minimum atomic E-state index is -3.65. The van der Waals surface area contributed by atoms with Gasteiger partial charge in [-0.25, -0.2) is 13.4 Å². The summed E-state index contributed by atoms with van der Waals surface area (Å²) in [7, 11) is -3.65. The third kappa shape index (κ3) is 2.39. The summed E-state index contributed by atoms with van der Waals surface area (Å²) in [5.74, 6) is -0.223. The number of benzene rings is 1. The first-order chi connectivity index (χ1) is 9.44. The van der Waals surface area contributed by atoms with Crippen molar-refractivity contribution in [2.24, 2.45) is 0 Å². The molecule has 2 heterocycles. The van der Waals surface area contributed by atoms with Gasteiger partial charge >= 0.3 is 5.22 Å². The number of thiazole rings is 1. The van der Waals surface area contributed by atoms with Crippen LogP contribution in [0.5, 0.6) is 0 Å². The number of sulfone groups is 1. The number of nitrogen functional groups attached to an aromatic ring is 1. The van der Waals surface area contributed by atoms with Gasteiger partial charge in [0.05, 0.1) is 10.7 Å². The van der Waals surface area contributed by atoms with Gasteiger partial charge in [0.25, 0.3) is 0 Å². The molecule has 0 spiro atoms. The van der Waals surface area contributed by atoms with Crippen molar-refractivity contribution in [3.8, 4) is 0 Å². The second kappa shape index (κ2) is 4.57. The first kappa shape index (κ1) is 13.1. The van der Waals surface area contributed by atoms with Gasteiger partial charge in [0, 0.05) is 17.1 Å². The predicted molar refractivity (Wildman–Crippen MR) is 76.2 cm³/mol. The first-order valence-electron chi connectivity index (χ1n) is 5.74. The van der Waals surface area contributed by atoms with Crippen molar-refractivity contribution < 1.29 is 12.8 Å². The average molecular weight is 309 g/mol. The molecule has 0 aliphatic heterocycles. The van der Waals surface area contributed by atoms with Crippen LogP contribution in [0.25, 0.3) is 11.1 Å². The van der Waals surface area contributed by atoms with Crippen molar-refractivity contribution >= 4 is 38.0 Å². The van der Waals surface area contributed by atoms with E-state index in [0.717, 1.165) is 5.01 Å². The van der Waals surface area contributed by atoms with Gasteiger partial charge in [0.1, 0.15) is 11.3 Å². The van der Waals surface area contributed by atoms with E-state index >= 15 is 0 Å². The summed E-state index contributed by atoms with van der Waals surface area (Å²) in [6.07, 6.45) is 0. The molecule has 0 bridgehead atoms. The Morgan fingerprint density at radius 1 is 1.35 bits per heavy atom. The van der Waals surface area contributed by atoms with E-state index in [9.17, 15) is 8.42 Å². The summed E-state index contributed by atoms with van der Waals surface area (Å²) in [6.45, 7) is 1.82. The highest BCUT2D eigenvalue weighted by Crippen LogP contribution is 2.23. The number of fused-ring (bicyclic) bond motifs is 1.